The Kier molecular flexibility index (Phi) is 9.68. The van der Waals surface area contributed by atoms with Crippen molar-refractivity contribution in [1.82, 2.24) is 24.3 Å². The largest absolute Gasteiger partial charge is 0.493 e. The van der Waals surface area contributed by atoms with Crippen LogP contribution in [0.5, 0.6) is 11.5 Å². The van der Waals surface area contributed by atoms with Gasteiger partial charge in [0.1, 0.15) is 13.2 Å². The van der Waals surface area contributed by atoms with E-state index in [0.717, 1.165) is 11.1 Å². The average molecular weight is 549 g/mol. The van der Waals surface area contributed by atoms with Crippen LogP contribution in [-0.4, -0.2) is 82.6 Å². The highest BCUT2D eigenvalue weighted by molar-refractivity contribution is 5.97. The van der Waals surface area contributed by atoms with E-state index < -0.39 is 0 Å². The van der Waals surface area contributed by atoms with Crippen LogP contribution in [0, 0.1) is 13.8 Å². The second kappa shape index (κ2) is 12.0. The van der Waals surface area contributed by atoms with Crippen molar-refractivity contribution in [2.75, 3.05) is 41.5 Å². The second-order valence-electron chi connectivity index (χ2n) is 10.0. The number of hydrogen-bond acceptors (Lipinski definition) is 8. The van der Waals surface area contributed by atoms with Gasteiger partial charge < -0.3 is 19.5 Å². The Morgan fingerprint density at radius 3 is 2.32 bits per heavy atom. The number of ether oxygens (including phenoxy) is 2. The van der Waals surface area contributed by atoms with Crippen LogP contribution in [0.1, 0.15) is 58.3 Å². The molecule has 0 spiro atoms. The van der Waals surface area contributed by atoms with Crippen LogP contribution in [0.4, 0.5) is 0 Å². The van der Waals surface area contributed by atoms with Crippen LogP contribution < -0.4 is 15.1 Å². The Morgan fingerprint density at radius 2 is 1.79 bits per heavy atom. The minimum atomic E-state index is -0.340. The molecule has 0 atom stereocenters. The number of aliphatic hydroxyl groups excluding tert-OH is 1. The predicted octanol–water partition coefficient (Wildman–Crippen LogP) is 2.36. The van der Waals surface area contributed by atoms with Crippen molar-refractivity contribution in [1.29, 1.82) is 0 Å². The standard InChI is InChI=1S/C26H36N6O5.ClH/c1-15-16(2)23-29-31(25(27-6)32(23)28-21(15)24(35)30(7)8)14-19(34)17-12-18(26(3,4)5)22(36-9)20(13-17)37-11-10-33;/h12-13,33H,10-11,14H2,1-9H3;1H/b27-25+;. The van der Waals surface area contributed by atoms with Crippen molar-refractivity contribution >= 4 is 29.7 Å². The third-order valence-corrected chi connectivity index (χ3v) is 6.13. The Hall–Kier alpha value is -3.44. The van der Waals surface area contributed by atoms with E-state index in [1.165, 1.54) is 14.1 Å². The van der Waals surface area contributed by atoms with Gasteiger partial charge in [-0.25, -0.2) is 4.68 Å². The van der Waals surface area contributed by atoms with E-state index in [-0.39, 0.29) is 49.3 Å². The summed E-state index contributed by atoms with van der Waals surface area (Å²) in [4.78, 5) is 32.0. The number of methoxy groups -OCH3 is 1. The molecular weight excluding hydrogens is 512 g/mol. The molecule has 208 valence electrons. The second-order valence-corrected chi connectivity index (χ2v) is 10.0. The number of Topliss-reactive ketones (excluding diaryl/α,β-unsaturated/α-hetero) is 1. The quantitative estimate of drug-likeness (QED) is 0.428. The fourth-order valence-electron chi connectivity index (χ4n) is 4.00. The summed E-state index contributed by atoms with van der Waals surface area (Å²) in [6, 6.07) is 3.42. The molecule has 3 aromatic rings. The first-order valence-electron chi connectivity index (χ1n) is 12.0. The number of carbonyl (C=O) groups excluding carboxylic acids is 2. The van der Waals surface area contributed by atoms with Gasteiger partial charge in [-0.3, -0.25) is 14.6 Å². The number of hydrogen-bond donors (Lipinski definition) is 1. The number of fused-ring (bicyclic) bond motifs is 1. The Bertz CT molecular complexity index is 1420. The van der Waals surface area contributed by atoms with Crippen LogP contribution in [0.2, 0.25) is 0 Å². The van der Waals surface area contributed by atoms with Crippen molar-refractivity contribution in [3.8, 4) is 11.5 Å². The first-order valence-corrected chi connectivity index (χ1v) is 12.0. The number of rotatable bonds is 8. The van der Waals surface area contributed by atoms with E-state index in [1.807, 2.05) is 34.6 Å². The lowest BCUT2D eigenvalue weighted by atomic mass is 9.84. The zero-order valence-electron chi connectivity index (χ0n) is 23.4. The SMILES string of the molecule is C/N=c1\n(CC(=O)c2cc(OCCO)c(OC)c(C(C)(C)C)c2)nc2c(C)c(C)c(C(=O)N(C)C)nn12.Cl. The molecule has 0 aliphatic heterocycles. The average Bonchev–Trinajstić information content (AvgIpc) is 3.19. The third kappa shape index (κ3) is 5.83. The van der Waals surface area contributed by atoms with Gasteiger partial charge in [-0.2, -0.15) is 9.61 Å². The molecule has 0 aliphatic carbocycles. The lowest BCUT2D eigenvalue weighted by molar-refractivity contribution is 0.0819. The molecule has 38 heavy (non-hydrogen) atoms. The zero-order chi connectivity index (χ0) is 27.7. The summed E-state index contributed by atoms with van der Waals surface area (Å²) >= 11 is 0. The maximum atomic E-state index is 13.5. The summed E-state index contributed by atoms with van der Waals surface area (Å²) in [6.07, 6.45) is 0. The number of benzene rings is 1. The molecule has 1 N–H and O–H groups in total. The molecular formula is C26H37ClN6O5. The van der Waals surface area contributed by atoms with Gasteiger partial charge in [-0.15, -0.1) is 17.5 Å². The maximum Gasteiger partial charge on any atom is 0.274 e. The molecule has 2 heterocycles. The first kappa shape index (κ1) is 30.8. The lowest BCUT2D eigenvalue weighted by Crippen LogP contribution is -2.30. The molecule has 2 aromatic heterocycles. The van der Waals surface area contributed by atoms with Gasteiger partial charge in [-0.1, -0.05) is 20.8 Å². The summed E-state index contributed by atoms with van der Waals surface area (Å²) in [5, 5.41) is 18.4. The monoisotopic (exact) mass is 548 g/mol. The van der Waals surface area contributed by atoms with Crippen molar-refractivity contribution in [3.05, 3.63) is 45.7 Å². The molecule has 11 nitrogen and oxygen atoms in total. The highest BCUT2D eigenvalue weighted by Crippen LogP contribution is 2.40. The number of ketones is 1. The summed E-state index contributed by atoms with van der Waals surface area (Å²) < 4.78 is 14.3. The molecule has 0 unspecified atom stereocenters. The molecule has 1 aromatic carbocycles. The fourth-order valence-corrected chi connectivity index (χ4v) is 4.00. The third-order valence-electron chi connectivity index (χ3n) is 6.13. The van der Waals surface area contributed by atoms with Gasteiger partial charge in [0.2, 0.25) is 5.62 Å². The summed E-state index contributed by atoms with van der Waals surface area (Å²) in [5.41, 5.74) is 3.50. The van der Waals surface area contributed by atoms with Gasteiger partial charge >= 0.3 is 0 Å². The van der Waals surface area contributed by atoms with E-state index >= 15 is 0 Å². The van der Waals surface area contributed by atoms with Crippen LogP contribution in [0.3, 0.4) is 0 Å². The Balaban J connectivity index is 0.00000507. The van der Waals surface area contributed by atoms with Gasteiger partial charge in [0.15, 0.2) is 28.6 Å². The van der Waals surface area contributed by atoms with E-state index in [1.54, 1.807) is 40.4 Å². The number of nitrogens with zero attached hydrogens (tertiary/aromatic N) is 6. The van der Waals surface area contributed by atoms with Crippen molar-refractivity contribution in [3.63, 3.8) is 0 Å². The molecule has 0 fully saturated rings. The number of amides is 1. The summed E-state index contributed by atoms with van der Waals surface area (Å²) in [7, 11) is 6.47. The van der Waals surface area contributed by atoms with Crippen LogP contribution in [-0.2, 0) is 12.0 Å². The minimum Gasteiger partial charge on any atom is -0.493 e. The maximum absolute atomic E-state index is 13.5. The minimum absolute atomic E-state index is 0. The summed E-state index contributed by atoms with van der Waals surface area (Å²) in [5.74, 6) is 0.451. The van der Waals surface area contributed by atoms with Crippen LogP contribution >= 0.6 is 12.4 Å². The Morgan fingerprint density at radius 1 is 1.13 bits per heavy atom. The van der Waals surface area contributed by atoms with E-state index in [0.29, 0.717) is 39.6 Å². The number of halogens is 1. The topological polar surface area (TPSA) is 124 Å². The number of aromatic nitrogens is 4. The fraction of sp³-hybridized carbons (Fsp3) is 0.500. The van der Waals surface area contributed by atoms with Crippen molar-refractivity contribution in [2.45, 2.75) is 46.6 Å². The van der Waals surface area contributed by atoms with E-state index in [2.05, 4.69) is 15.2 Å². The van der Waals surface area contributed by atoms with Gasteiger partial charge in [0, 0.05) is 37.8 Å². The van der Waals surface area contributed by atoms with Crippen LogP contribution in [0.25, 0.3) is 5.65 Å². The molecule has 0 saturated heterocycles. The molecule has 3 rings (SSSR count). The normalized spacial score (nSPS) is 11.9. The number of carbonyl (C=O) groups is 2. The zero-order valence-corrected chi connectivity index (χ0v) is 24.3. The van der Waals surface area contributed by atoms with E-state index in [9.17, 15) is 14.7 Å². The highest BCUT2D eigenvalue weighted by atomic mass is 35.5. The predicted molar refractivity (Wildman–Crippen MR) is 146 cm³/mol. The highest BCUT2D eigenvalue weighted by Gasteiger charge is 2.26. The van der Waals surface area contributed by atoms with Gasteiger partial charge in [-0.05, 0) is 37.0 Å². The van der Waals surface area contributed by atoms with Crippen molar-refractivity contribution in [2.24, 2.45) is 4.99 Å². The molecule has 1 amide bonds. The molecule has 0 saturated carbocycles. The van der Waals surface area contributed by atoms with Crippen molar-refractivity contribution < 1.29 is 24.2 Å². The number of aliphatic hydroxyl groups is 1. The first-order chi connectivity index (χ1) is 17.3. The number of aryl methyl sites for hydroxylation is 1. The lowest BCUT2D eigenvalue weighted by Gasteiger charge is -2.25. The smallest absolute Gasteiger partial charge is 0.274 e. The molecule has 12 heteroatoms. The van der Waals surface area contributed by atoms with E-state index in [4.69, 9.17) is 9.47 Å². The van der Waals surface area contributed by atoms with Crippen LogP contribution in [0.15, 0.2) is 17.1 Å². The Labute approximate surface area is 228 Å². The molecule has 0 aliphatic rings. The van der Waals surface area contributed by atoms with Gasteiger partial charge in [0.25, 0.3) is 5.91 Å². The molecule has 0 bridgehead atoms. The molecule has 0 radical (unpaired) electrons. The summed E-state index contributed by atoms with van der Waals surface area (Å²) in [6.45, 7) is 9.52. The van der Waals surface area contributed by atoms with Gasteiger partial charge in [0.05, 0.1) is 13.7 Å².